The van der Waals surface area contributed by atoms with Crippen molar-refractivity contribution in [1.29, 1.82) is 0 Å². The highest BCUT2D eigenvalue weighted by Crippen LogP contribution is 2.35. The van der Waals surface area contributed by atoms with Gasteiger partial charge in [0.15, 0.2) is 5.96 Å². The van der Waals surface area contributed by atoms with Gasteiger partial charge in [-0.1, -0.05) is 42.5 Å². The number of nitrogens with zero attached hydrogens (tertiary/aromatic N) is 2. The molecule has 0 fully saturated rings. The third-order valence-corrected chi connectivity index (χ3v) is 5.73. The van der Waals surface area contributed by atoms with Crippen molar-refractivity contribution in [2.75, 3.05) is 18.8 Å². The van der Waals surface area contributed by atoms with E-state index in [9.17, 15) is 4.39 Å². The average Bonchev–Trinajstić information content (AvgIpc) is 3.26. The van der Waals surface area contributed by atoms with Gasteiger partial charge >= 0.3 is 0 Å². The van der Waals surface area contributed by atoms with E-state index >= 15 is 0 Å². The van der Waals surface area contributed by atoms with Crippen LogP contribution in [0.3, 0.4) is 0 Å². The summed E-state index contributed by atoms with van der Waals surface area (Å²) in [6.07, 6.45) is 5.33. The van der Waals surface area contributed by atoms with Gasteiger partial charge in [-0.25, -0.2) is 9.37 Å². The first-order chi connectivity index (χ1) is 14.2. The first-order valence-corrected chi connectivity index (χ1v) is 10.7. The molecule has 1 heterocycles. The van der Waals surface area contributed by atoms with Crippen LogP contribution >= 0.6 is 11.8 Å². The molecule has 7 heteroatoms. The van der Waals surface area contributed by atoms with Gasteiger partial charge in [-0.05, 0) is 36.1 Å². The molecule has 4 N–H and O–H groups in total. The average molecular weight is 412 g/mol. The molecule has 0 saturated carbocycles. The van der Waals surface area contributed by atoms with E-state index in [2.05, 4.69) is 32.4 Å². The number of H-pyrrole nitrogens is 1. The maximum Gasteiger partial charge on any atom is 0.188 e. The molecule has 3 rings (SSSR count). The van der Waals surface area contributed by atoms with E-state index in [0.717, 1.165) is 29.9 Å². The number of nitrogens with one attached hydrogen (secondary N) is 2. The zero-order valence-electron chi connectivity index (χ0n) is 16.2. The third kappa shape index (κ3) is 6.94. The van der Waals surface area contributed by atoms with Crippen molar-refractivity contribution < 1.29 is 4.39 Å². The van der Waals surface area contributed by atoms with E-state index in [1.165, 1.54) is 17.7 Å². The van der Waals surface area contributed by atoms with Crippen LogP contribution in [-0.2, 0) is 6.42 Å². The largest absolute Gasteiger partial charge is 0.370 e. The number of thioether (sulfide) groups is 1. The van der Waals surface area contributed by atoms with E-state index in [-0.39, 0.29) is 11.1 Å². The number of aliphatic imine (C=N–C) groups is 1. The first-order valence-electron chi connectivity index (χ1n) is 9.65. The predicted octanol–water partition coefficient (Wildman–Crippen LogP) is 3.91. The Morgan fingerprint density at radius 1 is 1.14 bits per heavy atom. The lowest BCUT2D eigenvalue weighted by Crippen LogP contribution is -2.33. The molecular formula is C22H26FN5S. The Morgan fingerprint density at radius 3 is 2.62 bits per heavy atom. The fourth-order valence-electron chi connectivity index (χ4n) is 2.95. The lowest BCUT2D eigenvalue weighted by molar-refractivity contribution is 0.627. The first kappa shape index (κ1) is 20.9. The minimum Gasteiger partial charge on any atom is -0.370 e. The molecule has 1 atom stereocenters. The number of imidazole rings is 1. The number of hydrogen-bond acceptors (Lipinski definition) is 3. The maximum atomic E-state index is 13.3. The maximum absolute atomic E-state index is 13.3. The summed E-state index contributed by atoms with van der Waals surface area (Å²) in [6.45, 7) is 1.39. The monoisotopic (exact) mass is 411 g/mol. The standard InChI is InChI=1S/C22H26FN5S/c23-19-10-8-18(9-11-19)21(17-5-2-1-3-6-17)29-14-13-27-22(24)26-12-4-7-20-15-25-16-28-20/h1-3,5-6,8-11,15-16,21H,4,7,12-14H2,(H,25,28)(H3,24,26,27). The number of aryl methyl sites for hydroxylation is 1. The topological polar surface area (TPSA) is 79.1 Å². The van der Waals surface area contributed by atoms with Crippen LogP contribution in [0.15, 0.2) is 72.1 Å². The molecule has 0 amide bonds. The molecular weight excluding hydrogens is 385 g/mol. The predicted molar refractivity (Wildman–Crippen MR) is 119 cm³/mol. The number of rotatable bonds is 10. The molecule has 1 aromatic heterocycles. The molecule has 0 radical (unpaired) electrons. The van der Waals surface area contributed by atoms with Crippen LogP contribution < -0.4 is 11.1 Å². The van der Waals surface area contributed by atoms with Gasteiger partial charge in [-0.15, -0.1) is 11.8 Å². The Balaban J connectivity index is 1.45. The summed E-state index contributed by atoms with van der Waals surface area (Å²) in [5.74, 6) is 1.10. The number of aromatic nitrogens is 2. The number of aromatic amines is 1. The van der Waals surface area contributed by atoms with Gasteiger partial charge in [0, 0.05) is 30.7 Å². The molecule has 1 unspecified atom stereocenters. The highest BCUT2D eigenvalue weighted by Gasteiger charge is 2.14. The minimum absolute atomic E-state index is 0.145. The summed E-state index contributed by atoms with van der Waals surface area (Å²) in [4.78, 5) is 11.4. The number of halogens is 1. The van der Waals surface area contributed by atoms with Crippen LogP contribution in [-0.4, -0.2) is 34.8 Å². The zero-order chi connectivity index (χ0) is 20.3. The van der Waals surface area contributed by atoms with Gasteiger partial charge in [0.25, 0.3) is 0 Å². The van der Waals surface area contributed by atoms with Crippen molar-refractivity contribution in [1.82, 2.24) is 15.3 Å². The molecule has 0 bridgehead atoms. The summed E-state index contributed by atoms with van der Waals surface area (Å²) in [5, 5.41) is 3.32. The van der Waals surface area contributed by atoms with Gasteiger partial charge in [-0.3, -0.25) is 4.99 Å². The van der Waals surface area contributed by atoms with Crippen molar-refractivity contribution in [3.05, 3.63) is 89.8 Å². The van der Waals surface area contributed by atoms with E-state index in [1.807, 2.05) is 36.5 Å². The van der Waals surface area contributed by atoms with Crippen LogP contribution in [0.2, 0.25) is 0 Å². The fraction of sp³-hybridized carbons (Fsp3) is 0.273. The van der Waals surface area contributed by atoms with Crippen molar-refractivity contribution in [2.45, 2.75) is 18.1 Å². The van der Waals surface area contributed by atoms with Crippen LogP contribution in [0.25, 0.3) is 0 Å². The molecule has 3 aromatic rings. The Bertz CT molecular complexity index is 866. The second kappa shape index (κ2) is 11.3. The minimum atomic E-state index is -0.219. The van der Waals surface area contributed by atoms with E-state index in [0.29, 0.717) is 19.0 Å². The summed E-state index contributed by atoms with van der Waals surface area (Å²) in [6, 6.07) is 17.0. The Labute approximate surface area is 175 Å². The molecule has 0 aliphatic carbocycles. The van der Waals surface area contributed by atoms with E-state index in [4.69, 9.17) is 5.73 Å². The van der Waals surface area contributed by atoms with Gasteiger partial charge in [0.2, 0.25) is 0 Å². The van der Waals surface area contributed by atoms with Crippen LogP contribution in [0.1, 0.15) is 28.5 Å². The third-order valence-electron chi connectivity index (χ3n) is 4.41. The summed E-state index contributed by atoms with van der Waals surface area (Å²) in [7, 11) is 0. The van der Waals surface area contributed by atoms with Crippen molar-refractivity contribution in [3.63, 3.8) is 0 Å². The van der Waals surface area contributed by atoms with Crippen LogP contribution in [0.5, 0.6) is 0 Å². The molecule has 5 nitrogen and oxygen atoms in total. The van der Waals surface area contributed by atoms with E-state index in [1.54, 1.807) is 18.1 Å². The SMILES string of the molecule is NC(=NCCCc1cnc[nH]1)NCCSC(c1ccccc1)c1ccc(F)cc1. The molecule has 0 spiro atoms. The fourth-order valence-corrected chi connectivity index (χ4v) is 4.11. The van der Waals surface area contributed by atoms with Gasteiger partial charge < -0.3 is 16.0 Å². The van der Waals surface area contributed by atoms with Crippen LogP contribution in [0, 0.1) is 5.82 Å². The van der Waals surface area contributed by atoms with Crippen LogP contribution in [0.4, 0.5) is 4.39 Å². The summed E-state index contributed by atoms with van der Waals surface area (Å²) >= 11 is 1.80. The number of guanidine groups is 1. The zero-order valence-corrected chi connectivity index (χ0v) is 17.0. The molecule has 0 aliphatic rings. The lowest BCUT2D eigenvalue weighted by Gasteiger charge is -2.18. The second-order valence-corrected chi connectivity index (χ2v) is 7.80. The van der Waals surface area contributed by atoms with E-state index < -0.39 is 0 Å². The summed E-state index contributed by atoms with van der Waals surface area (Å²) in [5.41, 5.74) is 9.35. The Hall–Kier alpha value is -2.80. The van der Waals surface area contributed by atoms with Crippen molar-refractivity contribution >= 4 is 17.7 Å². The summed E-state index contributed by atoms with van der Waals surface area (Å²) < 4.78 is 13.3. The number of benzene rings is 2. The highest BCUT2D eigenvalue weighted by atomic mass is 32.2. The molecule has 2 aromatic carbocycles. The van der Waals surface area contributed by atoms with Crippen molar-refractivity contribution in [2.24, 2.45) is 10.7 Å². The Morgan fingerprint density at radius 2 is 1.90 bits per heavy atom. The smallest absolute Gasteiger partial charge is 0.188 e. The van der Waals surface area contributed by atoms with Gasteiger partial charge in [0.05, 0.1) is 11.6 Å². The quantitative estimate of drug-likeness (QED) is 0.268. The lowest BCUT2D eigenvalue weighted by atomic mass is 10.0. The number of nitrogens with two attached hydrogens (primary N) is 1. The molecule has 0 aliphatic heterocycles. The van der Waals surface area contributed by atoms with Gasteiger partial charge in [0.1, 0.15) is 5.82 Å². The molecule has 0 saturated heterocycles. The Kier molecular flexibility index (Phi) is 8.12. The normalized spacial score (nSPS) is 12.7. The van der Waals surface area contributed by atoms with Gasteiger partial charge in [-0.2, -0.15) is 0 Å². The highest BCUT2D eigenvalue weighted by molar-refractivity contribution is 7.99. The number of hydrogen-bond donors (Lipinski definition) is 3. The van der Waals surface area contributed by atoms with Crippen molar-refractivity contribution in [3.8, 4) is 0 Å². The second-order valence-electron chi connectivity index (χ2n) is 6.59. The molecule has 29 heavy (non-hydrogen) atoms. The molecule has 152 valence electrons.